The first kappa shape index (κ1) is 28.6. The largest absolute Gasteiger partial charge is 0.494 e. The smallest absolute Gasteiger partial charge is 0.416 e. The highest BCUT2D eigenvalue weighted by Gasteiger charge is 2.37. The number of ether oxygens (including phenoxy) is 3. The predicted molar refractivity (Wildman–Crippen MR) is 138 cm³/mol. The van der Waals surface area contributed by atoms with Crippen molar-refractivity contribution in [1.29, 1.82) is 0 Å². The van der Waals surface area contributed by atoms with Crippen molar-refractivity contribution < 1.29 is 46.7 Å². The molecule has 1 heterocycles. The molecule has 0 radical (unpaired) electrons. The van der Waals surface area contributed by atoms with E-state index in [1.54, 1.807) is 19.1 Å². The van der Waals surface area contributed by atoms with Gasteiger partial charge in [0.2, 0.25) is 5.75 Å². The van der Waals surface area contributed by atoms with E-state index < -0.39 is 45.9 Å². The number of amides is 4. The maximum absolute atomic E-state index is 13.2. The molecule has 11 nitrogen and oxygen atoms in total. The van der Waals surface area contributed by atoms with E-state index >= 15 is 0 Å². The van der Waals surface area contributed by atoms with Crippen LogP contribution in [0.1, 0.15) is 18.1 Å². The summed E-state index contributed by atoms with van der Waals surface area (Å²) < 4.78 is 55.2. The van der Waals surface area contributed by atoms with Gasteiger partial charge in [0.15, 0.2) is 11.5 Å². The van der Waals surface area contributed by atoms with Crippen molar-refractivity contribution in [2.45, 2.75) is 13.1 Å². The first-order chi connectivity index (χ1) is 19.4. The Bertz CT molecular complexity index is 1570. The van der Waals surface area contributed by atoms with Crippen LogP contribution in [0, 0.1) is 10.1 Å². The molecule has 212 valence electrons. The maximum atomic E-state index is 13.2. The number of alkyl halides is 3. The quantitative estimate of drug-likeness (QED) is 0.162. The molecular weight excluding hydrogens is 551 g/mol. The van der Waals surface area contributed by atoms with Gasteiger partial charge in [0.05, 0.1) is 29.9 Å². The number of barbiturate groups is 1. The number of urea groups is 1. The average molecular weight is 571 g/mol. The first-order valence-corrected chi connectivity index (χ1v) is 11.8. The lowest BCUT2D eigenvalue weighted by Gasteiger charge is -2.26. The number of nitrogens with zero attached hydrogens (tertiary/aromatic N) is 2. The van der Waals surface area contributed by atoms with Gasteiger partial charge in [-0.15, -0.1) is 0 Å². The van der Waals surface area contributed by atoms with Gasteiger partial charge in [-0.25, -0.2) is 9.69 Å². The summed E-state index contributed by atoms with van der Waals surface area (Å²) in [7, 11) is 1.24. The highest BCUT2D eigenvalue weighted by molar-refractivity contribution is 6.39. The summed E-state index contributed by atoms with van der Waals surface area (Å²) >= 11 is 0. The van der Waals surface area contributed by atoms with E-state index in [0.29, 0.717) is 24.5 Å². The Balaban J connectivity index is 1.64. The van der Waals surface area contributed by atoms with Crippen molar-refractivity contribution in [3.05, 3.63) is 87.5 Å². The highest BCUT2D eigenvalue weighted by Crippen LogP contribution is 2.40. The van der Waals surface area contributed by atoms with E-state index in [0.717, 1.165) is 11.0 Å². The minimum Gasteiger partial charge on any atom is -0.494 e. The normalized spacial score (nSPS) is 14.6. The molecule has 1 aliphatic heterocycles. The molecule has 1 N–H and O–H groups in total. The number of nitro benzene ring substituents is 1. The number of carbonyl (C=O) groups is 3. The summed E-state index contributed by atoms with van der Waals surface area (Å²) in [6.07, 6.45) is -3.61. The van der Waals surface area contributed by atoms with E-state index in [-0.39, 0.29) is 28.3 Å². The van der Waals surface area contributed by atoms with Crippen LogP contribution in [0.3, 0.4) is 0 Å². The second-order valence-corrected chi connectivity index (χ2v) is 8.33. The maximum Gasteiger partial charge on any atom is 0.416 e. The molecular formula is C27H20F3N3O8. The highest BCUT2D eigenvalue weighted by atomic mass is 19.4. The second kappa shape index (κ2) is 11.4. The molecule has 4 amide bonds. The Morgan fingerprint density at radius 2 is 1.66 bits per heavy atom. The molecule has 3 aromatic rings. The molecule has 4 rings (SSSR count). The van der Waals surface area contributed by atoms with Crippen molar-refractivity contribution in [1.82, 2.24) is 5.32 Å². The summed E-state index contributed by atoms with van der Waals surface area (Å²) in [5.74, 6) is -1.91. The number of methoxy groups -OCH3 is 1. The minimum absolute atomic E-state index is 0.0170. The van der Waals surface area contributed by atoms with E-state index in [2.05, 4.69) is 5.32 Å². The fourth-order valence-corrected chi connectivity index (χ4v) is 3.82. The molecule has 0 aliphatic carbocycles. The lowest BCUT2D eigenvalue weighted by molar-refractivity contribution is -0.385. The third-order valence-electron chi connectivity index (χ3n) is 5.71. The number of carbonyl (C=O) groups excluding carboxylic acids is 3. The van der Waals surface area contributed by atoms with E-state index in [1.165, 1.54) is 43.5 Å². The summed E-state index contributed by atoms with van der Waals surface area (Å²) in [5, 5.41) is 13.5. The minimum atomic E-state index is -4.80. The summed E-state index contributed by atoms with van der Waals surface area (Å²) in [6, 6.07) is 10.9. The number of nitro groups is 1. The molecule has 0 aromatic heterocycles. The molecule has 0 saturated carbocycles. The molecule has 41 heavy (non-hydrogen) atoms. The molecule has 0 bridgehead atoms. The Kier molecular flexibility index (Phi) is 7.94. The van der Waals surface area contributed by atoms with Crippen LogP contribution in [0.4, 0.5) is 29.3 Å². The molecule has 3 aromatic carbocycles. The lowest BCUT2D eigenvalue weighted by Crippen LogP contribution is -2.54. The number of rotatable bonds is 8. The van der Waals surface area contributed by atoms with Gasteiger partial charge in [-0.2, -0.15) is 13.2 Å². The molecule has 1 saturated heterocycles. The third-order valence-corrected chi connectivity index (χ3v) is 5.71. The number of halogens is 3. The van der Waals surface area contributed by atoms with Crippen LogP contribution in [0.2, 0.25) is 0 Å². The zero-order valence-corrected chi connectivity index (χ0v) is 21.4. The number of hydrogen-bond donors (Lipinski definition) is 1. The first-order valence-electron chi connectivity index (χ1n) is 11.8. The van der Waals surface area contributed by atoms with Crippen molar-refractivity contribution >= 4 is 35.3 Å². The molecule has 1 fully saturated rings. The Labute approximate surface area is 229 Å². The van der Waals surface area contributed by atoms with Crippen LogP contribution in [0.15, 0.2) is 66.2 Å². The van der Waals surface area contributed by atoms with Crippen LogP contribution in [-0.2, 0) is 15.8 Å². The fraction of sp³-hybridized carbons (Fsp3) is 0.148. The monoisotopic (exact) mass is 571 g/mol. The molecule has 0 spiro atoms. The van der Waals surface area contributed by atoms with Gasteiger partial charge in [-0.3, -0.25) is 25.0 Å². The molecule has 1 aliphatic rings. The van der Waals surface area contributed by atoms with E-state index in [1.807, 2.05) is 0 Å². The SMILES string of the molecule is CCOc1ccc(N2C(=O)NC(=O)/C(=C\c3ccc(Oc4ccc(C(F)(F)F)cc4[N+](=O)[O-])c(OC)c3)C2=O)cc1. The van der Waals surface area contributed by atoms with Crippen LogP contribution < -0.4 is 24.4 Å². The summed E-state index contributed by atoms with van der Waals surface area (Å²) in [6.45, 7) is 2.21. The van der Waals surface area contributed by atoms with Gasteiger partial charge in [0, 0.05) is 6.07 Å². The Morgan fingerprint density at radius 1 is 0.976 bits per heavy atom. The van der Waals surface area contributed by atoms with Crippen molar-refractivity contribution in [3.63, 3.8) is 0 Å². The molecule has 14 heteroatoms. The lowest BCUT2D eigenvalue weighted by atomic mass is 10.1. The van der Waals surface area contributed by atoms with E-state index in [9.17, 15) is 37.7 Å². The average Bonchev–Trinajstić information content (AvgIpc) is 2.92. The Morgan fingerprint density at radius 3 is 2.27 bits per heavy atom. The van der Waals surface area contributed by atoms with Gasteiger partial charge >= 0.3 is 17.9 Å². The third kappa shape index (κ3) is 6.11. The second-order valence-electron chi connectivity index (χ2n) is 8.33. The van der Waals surface area contributed by atoms with Crippen molar-refractivity contribution in [3.8, 4) is 23.0 Å². The zero-order chi connectivity index (χ0) is 29.9. The zero-order valence-electron chi connectivity index (χ0n) is 21.4. The fourth-order valence-electron chi connectivity index (χ4n) is 3.82. The van der Waals surface area contributed by atoms with Gasteiger partial charge in [-0.1, -0.05) is 6.07 Å². The predicted octanol–water partition coefficient (Wildman–Crippen LogP) is 5.48. The topological polar surface area (TPSA) is 137 Å². The summed E-state index contributed by atoms with van der Waals surface area (Å²) in [5.41, 5.74) is -2.09. The standard InChI is InChI=1S/C27H20F3N3O8/c1-3-40-18-8-6-17(7-9-18)32-25(35)19(24(34)31-26(32)36)12-15-4-10-22(23(13-15)39-2)41-21-11-5-16(27(28,29)30)14-20(21)33(37)38/h4-14H,3H2,1-2H3,(H,31,34,36)/b19-12+. The van der Waals surface area contributed by atoms with Crippen LogP contribution >= 0.6 is 0 Å². The van der Waals surface area contributed by atoms with Gasteiger partial charge < -0.3 is 14.2 Å². The number of benzene rings is 3. The van der Waals surface area contributed by atoms with Crippen LogP contribution in [0.25, 0.3) is 6.08 Å². The van der Waals surface area contributed by atoms with Crippen LogP contribution in [-0.4, -0.2) is 36.5 Å². The van der Waals surface area contributed by atoms with Gasteiger partial charge in [-0.05, 0) is 67.1 Å². The van der Waals surface area contributed by atoms with Crippen molar-refractivity contribution in [2.75, 3.05) is 18.6 Å². The summed E-state index contributed by atoms with van der Waals surface area (Å²) in [4.78, 5) is 49.3. The van der Waals surface area contributed by atoms with Gasteiger partial charge in [0.1, 0.15) is 11.3 Å². The Hall–Kier alpha value is -5.40. The number of imide groups is 2. The molecule has 0 atom stereocenters. The number of hydrogen-bond acceptors (Lipinski definition) is 8. The number of nitrogens with one attached hydrogen (secondary N) is 1. The van der Waals surface area contributed by atoms with Crippen molar-refractivity contribution in [2.24, 2.45) is 0 Å². The molecule has 0 unspecified atom stereocenters. The van der Waals surface area contributed by atoms with E-state index in [4.69, 9.17) is 14.2 Å². The van der Waals surface area contributed by atoms with Gasteiger partial charge in [0.25, 0.3) is 11.8 Å². The number of anilines is 1. The van der Waals surface area contributed by atoms with Crippen LogP contribution in [0.5, 0.6) is 23.0 Å².